The first-order valence-electron chi connectivity index (χ1n) is 8.13. The summed E-state index contributed by atoms with van der Waals surface area (Å²) in [6.07, 6.45) is 2.13. The first kappa shape index (κ1) is 15.7. The van der Waals surface area contributed by atoms with E-state index in [0.717, 1.165) is 25.0 Å². The average molecular weight is 313 g/mol. The van der Waals surface area contributed by atoms with Gasteiger partial charge < -0.3 is 15.4 Å². The van der Waals surface area contributed by atoms with E-state index in [1.165, 1.54) is 0 Å². The monoisotopic (exact) mass is 313 g/mol. The predicted molar refractivity (Wildman–Crippen MR) is 91.5 cm³/mol. The zero-order valence-corrected chi connectivity index (χ0v) is 13.6. The van der Waals surface area contributed by atoms with Crippen LogP contribution < -0.4 is 10.6 Å². The smallest absolute Gasteiger partial charge is 0.228 e. The largest absolute Gasteiger partial charge is 0.379 e. The van der Waals surface area contributed by atoms with Crippen LogP contribution in [0.5, 0.6) is 0 Å². The van der Waals surface area contributed by atoms with Gasteiger partial charge in [0.25, 0.3) is 0 Å². The molecule has 0 spiro atoms. The Hall–Kier alpha value is -2.21. The number of aromatic nitrogens is 3. The molecule has 0 amide bonds. The molecule has 1 saturated heterocycles. The second-order valence-electron chi connectivity index (χ2n) is 6.03. The molecular weight excluding hydrogens is 290 g/mol. The van der Waals surface area contributed by atoms with Crippen LogP contribution in [0, 0.1) is 0 Å². The fourth-order valence-electron chi connectivity index (χ4n) is 2.52. The minimum absolute atomic E-state index is 0.252. The Morgan fingerprint density at radius 1 is 1.09 bits per heavy atom. The van der Waals surface area contributed by atoms with Gasteiger partial charge in [0, 0.05) is 18.2 Å². The number of hydrogen-bond acceptors (Lipinski definition) is 6. The highest BCUT2D eigenvalue weighted by Crippen LogP contribution is 2.19. The molecule has 1 aliphatic rings. The normalized spacial score (nSPS) is 18.0. The molecule has 1 fully saturated rings. The lowest BCUT2D eigenvalue weighted by molar-refractivity contribution is 0.0874. The second kappa shape index (κ2) is 7.37. The number of rotatable bonds is 5. The van der Waals surface area contributed by atoms with Crippen molar-refractivity contribution in [3.8, 4) is 11.4 Å². The van der Waals surface area contributed by atoms with Crippen LogP contribution in [0.4, 0.5) is 11.9 Å². The molecule has 1 aromatic heterocycles. The maximum Gasteiger partial charge on any atom is 0.228 e. The fraction of sp³-hybridized carbons (Fsp3) is 0.471. The van der Waals surface area contributed by atoms with Crippen LogP contribution in [0.25, 0.3) is 11.4 Å². The SMILES string of the molecule is CC(C)Nc1nc(NC2CCCOC2)nc(-c2ccccc2)n1. The summed E-state index contributed by atoms with van der Waals surface area (Å²) >= 11 is 0. The topological polar surface area (TPSA) is 72.0 Å². The van der Waals surface area contributed by atoms with E-state index in [4.69, 9.17) is 4.74 Å². The Morgan fingerprint density at radius 2 is 1.87 bits per heavy atom. The number of anilines is 2. The van der Waals surface area contributed by atoms with Gasteiger partial charge in [-0.05, 0) is 26.7 Å². The lowest BCUT2D eigenvalue weighted by atomic mass is 10.1. The number of nitrogens with one attached hydrogen (secondary N) is 2. The molecule has 0 saturated carbocycles. The molecule has 2 N–H and O–H groups in total. The van der Waals surface area contributed by atoms with Crippen LogP contribution in [-0.2, 0) is 4.74 Å². The molecule has 3 rings (SSSR count). The molecule has 2 aromatic rings. The molecule has 1 atom stereocenters. The Balaban J connectivity index is 1.87. The highest BCUT2D eigenvalue weighted by Gasteiger charge is 2.16. The van der Waals surface area contributed by atoms with Gasteiger partial charge in [-0.25, -0.2) is 0 Å². The van der Waals surface area contributed by atoms with E-state index in [2.05, 4.69) is 39.4 Å². The summed E-state index contributed by atoms with van der Waals surface area (Å²) in [5.41, 5.74) is 0.977. The number of benzene rings is 1. The summed E-state index contributed by atoms with van der Waals surface area (Å²) in [6, 6.07) is 10.5. The van der Waals surface area contributed by atoms with Gasteiger partial charge in [0.15, 0.2) is 5.82 Å². The van der Waals surface area contributed by atoms with Crippen LogP contribution in [0.1, 0.15) is 26.7 Å². The molecule has 122 valence electrons. The lowest BCUT2D eigenvalue weighted by Crippen LogP contribution is -2.31. The van der Waals surface area contributed by atoms with Gasteiger partial charge in [0.05, 0.1) is 12.6 Å². The van der Waals surface area contributed by atoms with Crippen LogP contribution in [0.2, 0.25) is 0 Å². The molecule has 23 heavy (non-hydrogen) atoms. The number of nitrogens with zero attached hydrogens (tertiary/aromatic N) is 3. The first-order chi connectivity index (χ1) is 11.2. The van der Waals surface area contributed by atoms with Gasteiger partial charge in [0.1, 0.15) is 0 Å². The molecule has 1 aliphatic heterocycles. The fourth-order valence-corrected chi connectivity index (χ4v) is 2.52. The van der Waals surface area contributed by atoms with Crippen molar-refractivity contribution in [2.24, 2.45) is 0 Å². The van der Waals surface area contributed by atoms with Crippen LogP contribution in [-0.4, -0.2) is 40.2 Å². The van der Waals surface area contributed by atoms with Crippen LogP contribution >= 0.6 is 0 Å². The minimum atomic E-state index is 0.252. The summed E-state index contributed by atoms with van der Waals surface area (Å²) in [5, 5.41) is 6.64. The van der Waals surface area contributed by atoms with Crippen LogP contribution in [0.3, 0.4) is 0 Å². The summed E-state index contributed by atoms with van der Waals surface area (Å²) in [5.74, 6) is 1.86. The average Bonchev–Trinajstić information content (AvgIpc) is 2.56. The maximum atomic E-state index is 5.51. The molecule has 0 radical (unpaired) electrons. The first-order valence-corrected chi connectivity index (χ1v) is 8.13. The van der Waals surface area contributed by atoms with Crippen molar-refractivity contribution in [2.45, 2.75) is 38.8 Å². The van der Waals surface area contributed by atoms with Crippen molar-refractivity contribution < 1.29 is 4.74 Å². The summed E-state index contributed by atoms with van der Waals surface area (Å²) in [4.78, 5) is 13.6. The van der Waals surface area contributed by atoms with E-state index in [0.29, 0.717) is 24.3 Å². The molecule has 6 nitrogen and oxygen atoms in total. The Bertz CT molecular complexity index is 626. The molecule has 0 aliphatic carbocycles. The van der Waals surface area contributed by atoms with E-state index in [1.807, 2.05) is 30.3 Å². The number of ether oxygens (including phenoxy) is 1. The van der Waals surface area contributed by atoms with Crippen molar-refractivity contribution in [3.05, 3.63) is 30.3 Å². The molecule has 6 heteroatoms. The van der Waals surface area contributed by atoms with Gasteiger partial charge in [0.2, 0.25) is 11.9 Å². The second-order valence-corrected chi connectivity index (χ2v) is 6.03. The Labute approximate surface area is 136 Å². The zero-order valence-electron chi connectivity index (χ0n) is 13.6. The molecule has 2 heterocycles. The molecule has 0 bridgehead atoms. The van der Waals surface area contributed by atoms with Crippen molar-refractivity contribution in [1.29, 1.82) is 0 Å². The Kier molecular flexibility index (Phi) is 5.02. The molecule has 1 aromatic carbocycles. The Morgan fingerprint density at radius 3 is 2.57 bits per heavy atom. The molecule has 1 unspecified atom stereocenters. The summed E-state index contributed by atoms with van der Waals surface area (Å²) in [7, 11) is 0. The van der Waals surface area contributed by atoms with E-state index < -0.39 is 0 Å². The molecular formula is C17H23N5O. The van der Waals surface area contributed by atoms with Crippen molar-refractivity contribution >= 4 is 11.9 Å². The third kappa shape index (κ3) is 4.39. The van der Waals surface area contributed by atoms with Gasteiger partial charge in [-0.15, -0.1) is 0 Å². The van der Waals surface area contributed by atoms with Crippen molar-refractivity contribution in [1.82, 2.24) is 15.0 Å². The predicted octanol–water partition coefficient (Wildman–Crippen LogP) is 2.95. The van der Waals surface area contributed by atoms with Crippen molar-refractivity contribution in [3.63, 3.8) is 0 Å². The van der Waals surface area contributed by atoms with E-state index in [-0.39, 0.29) is 12.1 Å². The van der Waals surface area contributed by atoms with Crippen molar-refractivity contribution in [2.75, 3.05) is 23.8 Å². The third-order valence-electron chi connectivity index (χ3n) is 3.58. The third-order valence-corrected chi connectivity index (χ3v) is 3.58. The zero-order chi connectivity index (χ0) is 16.1. The van der Waals surface area contributed by atoms with Gasteiger partial charge in [-0.3, -0.25) is 0 Å². The van der Waals surface area contributed by atoms with E-state index in [1.54, 1.807) is 0 Å². The quantitative estimate of drug-likeness (QED) is 0.884. The summed E-state index contributed by atoms with van der Waals surface area (Å²) < 4.78 is 5.51. The maximum absolute atomic E-state index is 5.51. The minimum Gasteiger partial charge on any atom is -0.379 e. The lowest BCUT2D eigenvalue weighted by Gasteiger charge is -2.23. The summed E-state index contributed by atoms with van der Waals surface area (Å²) in [6.45, 7) is 5.66. The van der Waals surface area contributed by atoms with Gasteiger partial charge in [-0.1, -0.05) is 30.3 Å². The van der Waals surface area contributed by atoms with Crippen LogP contribution in [0.15, 0.2) is 30.3 Å². The highest BCUT2D eigenvalue weighted by molar-refractivity contribution is 5.57. The number of hydrogen-bond donors (Lipinski definition) is 2. The standard InChI is InChI=1S/C17H23N5O/c1-12(2)18-16-20-15(13-7-4-3-5-8-13)21-17(22-16)19-14-9-6-10-23-11-14/h3-5,7-8,12,14H,6,9-11H2,1-2H3,(H2,18,19,20,21,22). The van der Waals surface area contributed by atoms with Gasteiger partial charge in [-0.2, -0.15) is 15.0 Å². The highest BCUT2D eigenvalue weighted by atomic mass is 16.5. The van der Waals surface area contributed by atoms with E-state index in [9.17, 15) is 0 Å². The van der Waals surface area contributed by atoms with E-state index >= 15 is 0 Å². The van der Waals surface area contributed by atoms with Gasteiger partial charge >= 0.3 is 0 Å².